The van der Waals surface area contributed by atoms with Crippen LogP contribution in [0.5, 0.6) is 0 Å². The van der Waals surface area contributed by atoms with Crippen LogP contribution >= 0.6 is 11.6 Å². The van der Waals surface area contributed by atoms with Crippen LogP contribution in [0, 0.1) is 13.8 Å². The van der Waals surface area contributed by atoms with Crippen molar-refractivity contribution in [2.45, 2.75) is 38.6 Å². The Morgan fingerprint density at radius 1 is 1.00 bits per heavy atom. The topological polar surface area (TPSA) is 12.0 Å². The van der Waals surface area contributed by atoms with E-state index in [2.05, 4.69) is 49.5 Å². The summed E-state index contributed by atoms with van der Waals surface area (Å²) in [6, 6.07) is 15.5. The summed E-state index contributed by atoms with van der Waals surface area (Å²) in [7, 11) is 0. The molecule has 0 radical (unpaired) electrons. The molecule has 0 aromatic heterocycles. The number of hydrogen-bond acceptors (Lipinski definition) is 1. The molecule has 1 N–H and O–H groups in total. The predicted octanol–water partition coefficient (Wildman–Crippen LogP) is 5.31. The van der Waals surface area contributed by atoms with E-state index in [1.165, 1.54) is 35.2 Å². The molecule has 20 heavy (non-hydrogen) atoms. The maximum absolute atomic E-state index is 5.93. The maximum Gasteiger partial charge on any atom is 0.0406 e. The standard InChI is InChI=1S/C18H20ClN/c1-12-3-8-18(13(2)9-12)20-17-10-15(11-17)14-4-6-16(19)7-5-14/h3-9,15,17,20H,10-11H2,1-2H3. The zero-order valence-electron chi connectivity index (χ0n) is 12.0. The number of anilines is 1. The van der Waals surface area contributed by atoms with E-state index in [0.29, 0.717) is 12.0 Å². The van der Waals surface area contributed by atoms with Gasteiger partial charge in [0, 0.05) is 16.8 Å². The molecular formula is C18H20ClN. The van der Waals surface area contributed by atoms with Gasteiger partial charge in [-0.1, -0.05) is 41.4 Å². The van der Waals surface area contributed by atoms with Crippen LogP contribution in [0.25, 0.3) is 0 Å². The minimum Gasteiger partial charge on any atom is -0.382 e. The van der Waals surface area contributed by atoms with Crippen LogP contribution < -0.4 is 5.32 Å². The molecule has 0 amide bonds. The summed E-state index contributed by atoms with van der Waals surface area (Å²) in [6.07, 6.45) is 2.41. The second-order valence-corrected chi connectivity index (χ2v) is 6.32. The van der Waals surface area contributed by atoms with Gasteiger partial charge < -0.3 is 5.32 Å². The average molecular weight is 286 g/mol. The molecule has 1 aliphatic rings. The van der Waals surface area contributed by atoms with Crippen molar-refractivity contribution in [1.29, 1.82) is 0 Å². The largest absolute Gasteiger partial charge is 0.382 e. The summed E-state index contributed by atoms with van der Waals surface area (Å²) in [5.41, 5.74) is 5.34. The van der Waals surface area contributed by atoms with E-state index < -0.39 is 0 Å². The van der Waals surface area contributed by atoms with E-state index in [-0.39, 0.29) is 0 Å². The first-order valence-corrected chi connectivity index (χ1v) is 7.59. The Labute approximate surface area is 126 Å². The van der Waals surface area contributed by atoms with Crippen molar-refractivity contribution in [3.8, 4) is 0 Å². The molecule has 1 nitrogen and oxygen atoms in total. The lowest BCUT2D eigenvalue weighted by atomic mass is 9.76. The normalized spacial score (nSPS) is 21.4. The van der Waals surface area contributed by atoms with Gasteiger partial charge in [0.2, 0.25) is 0 Å². The molecular weight excluding hydrogens is 266 g/mol. The van der Waals surface area contributed by atoms with Crippen LogP contribution in [0.4, 0.5) is 5.69 Å². The van der Waals surface area contributed by atoms with Crippen LogP contribution in [0.1, 0.15) is 35.4 Å². The molecule has 1 saturated carbocycles. The Balaban J connectivity index is 1.59. The van der Waals surface area contributed by atoms with Crippen molar-refractivity contribution in [3.05, 3.63) is 64.2 Å². The zero-order valence-corrected chi connectivity index (χ0v) is 12.7. The Morgan fingerprint density at radius 2 is 1.70 bits per heavy atom. The number of halogens is 1. The first-order chi connectivity index (χ1) is 9.61. The van der Waals surface area contributed by atoms with Crippen molar-refractivity contribution in [3.63, 3.8) is 0 Å². The third-order valence-electron chi connectivity index (χ3n) is 4.22. The van der Waals surface area contributed by atoms with Crippen molar-refractivity contribution in [2.75, 3.05) is 5.32 Å². The Bertz CT molecular complexity index is 597. The van der Waals surface area contributed by atoms with Crippen molar-refractivity contribution >= 4 is 17.3 Å². The number of hydrogen-bond donors (Lipinski definition) is 1. The van der Waals surface area contributed by atoms with Crippen molar-refractivity contribution in [1.82, 2.24) is 0 Å². The van der Waals surface area contributed by atoms with Gasteiger partial charge in [0.05, 0.1) is 0 Å². The first-order valence-electron chi connectivity index (χ1n) is 7.21. The highest BCUT2D eigenvalue weighted by atomic mass is 35.5. The molecule has 3 rings (SSSR count). The van der Waals surface area contributed by atoms with Gasteiger partial charge in [0.1, 0.15) is 0 Å². The summed E-state index contributed by atoms with van der Waals surface area (Å²) in [5.74, 6) is 0.676. The van der Waals surface area contributed by atoms with Crippen LogP contribution in [0.2, 0.25) is 5.02 Å². The quantitative estimate of drug-likeness (QED) is 0.805. The highest BCUT2D eigenvalue weighted by Gasteiger charge is 2.30. The predicted molar refractivity (Wildman–Crippen MR) is 86.8 cm³/mol. The summed E-state index contributed by atoms with van der Waals surface area (Å²) in [6.45, 7) is 4.31. The van der Waals surface area contributed by atoms with Gasteiger partial charge in [-0.3, -0.25) is 0 Å². The highest BCUT2D eigenvalue weighted by Crippen LogP contribution is 2.39. The van der Waals surface area contributed by atoms with E-state index in [9.17, 15) is 0 Å². The molecule has 0 heterocycles. The number of nitrogens with one attached hydrogen (secondary N) is 1. The first kappa shape index (κ1) is 13.5. The molecule has 0 spiro atoms. The van der Waals surface area contributed by atoms with Crippen LogP contribution in [0.15, 0.2) is 42.5 Å². The van der Waals surface area contributed by atoms with Gasteiger partial charge in [-0.05, 0) is 61.9 Å². The monoisotopic (exact) mass is 285 g/mol. The zero-order chi connectivity index (χ0) is 14.1. The van der Waals surface area contributed by atoms with Crippen LogP contribution in [-0.2, 0) is 0 Å². The van der Waals surface area contributed by atoms with Gasteiger partial charge in [-0.15, -0.1) is 0 Å². The molecule has 104 valence electrons. The maximum atomic E-state index is 5.93. The Hall–Kier alpha value is -1.47. The molecule has 1 fully saturated rings. The summed E-state index contributed by atoms with van der Waals surface area (Å²) in [4.78, 5) is 0. The van der Waals surface area contributed by atoms with Crippen molar-refractivity contribution < 1.29 is 0 Å². The summed E-state index contributed by atoms with van der Waals surface area (Å²) in [5, 5.41) is 4.48. The van der Waals surface area contributed by atoms with Gasteiger partial charge >= 0.3 is 0 Å². The van der Waals surface area contributed by atoms with E-state index in [1.807, 2.05) is 12.1 Å². The number of aryl methyl sites for hydroxylation is 2. The van der Waals surface area contributed by atoms with Gasteiger partial charge in [0.15, 0.2) is 0 Å². The minimum absolute atomic E-state index is 0.595. The molecule has 2 aromatic rings. The Kier molecular flexibility index (Phi) is 3.71. The third kappa shape index (κ3) is 2.83. The SMILES string of the molecule is Cc1ccc(NC2CC(c3ccc(Cl)cc3)C2)c(C)c1. The van der Waals surface area contributed by atoms with Crippen LogP contribution in [-0.4, -0.2) is 6.04 Å². The fraction of sp³-hybridized carbons (Fsp3) is 0.333. The average Bonchev–Trinajstić information content (AvgIpc) is 2.37. The van der Waals surface area contributed by atoms with Gasteiger partial charge in [-0.2, -0.15) is 0 Å². The fourth-order valence-corrected chi connectivity index (χ4v) is 3.06. The molecule has 0 atom stereocenters. The van der Waals surface area contributed by atoms with Crippen LogP contribution in [0.3, 0.4) is 0 Å². The lowest BCUT2D eigenvalue weighted by Gasteiger charge is -2.37. The number of benzene rings is 2. The fourth-order valence-electron chi connectivity index (χ4n) is 2.94. The van der Waals surface area contributed by atoms with Gasteiger partial charge in [-0.25, -0.2) is 0 Å². The Morgan fingerprint density at radius 3 is 2.35 bits per heavy atom. The minimum atomic E-state index is 0.595. The number of rotatable bonds is 3. The second kappa shape index (κ2) is 5.49. The third-order valence-corrected chi connectivity index (χ3v) is 4.47. The van der Waals surface area contributed by atoms with E-state index >= 15 is 0 Å². The van der Waals surface area contributed by atoms with Crippen molar-refractivity contribution in [2.24, 2.45) is 0 Å². The van der Waals surface area contributed by atoms with E-state index in [1.54, 1.807) is 0 Å². The molecule has 2 aromatic carbocycles. The second-order valence-electron chi connectivity index (χ2n) is 5.88. The van der Waals surface area contributed by atoms with E-state index in [4.69, 9.17) is 11.6 Å². The molecule has 0 unspecified atom stereocenters. The molecule has 2 heteroatoms. The summed E-state index contributed by atoms with van der Waals surface area (Å²) >= 11 is 5.93. The molecule has 0 aliphatic heterocycles. The lowest BCUT2D eigenvalue weighted by molar-refractivity contribution is 0.374. The lowest BCUT2D eigenvalue weighted by Crippen LogP contribution is -2.34. The summed E-state index contributed by atoms with van der Waals surface area (Å²) < 4.78 is 0. The molecule has 1 aliphatic carbocycles. The van der Waals surface area contributed by atoms with E-state index in [0.717, 1.165) is 5.02 Å². The highest BCUT2D eigenvalue weighted by molar-refractivity contribution is 6.30. The molecule has 0 saturated heterocycles. The van der Waals surface area contributed by atoms with Gasteiger partial charge in [0.25, 0.3) is 0 Å². The smallest absolute Gasteiger partial charge is 0.0406 e. The molecule has 0 bridgehead atoms.